The summed E-state index contributed by atoms with van der Waals surface area (Å²) in [4.78, 5) is 31.3. The Labute approximate surface area is 118 Å². The summed E-state index contributed by atoms with van der Waals surface area (Å²) in [6, 6.07) is 0. The number of nitrogens with zero attached hydrogens (tertiary/aromatic N) is 2. The molecular weight excluding hydrogens is 258 g/mol. The van der Waals surface area contributed by atoms with Crippen molar-refractivity contribution in [3.8, 4) is 0 Å². The maximum absolute atomic E-state index is 11.8. The van der Waals surface area contributed by atoms with E-state index in [0.29, 0.717) is 6.54 Å². The summed E-state index contributed by atoms with van der Waals surface area (Å²) in [5.41, 5.74) is -0.269. The summed E-state index contributed by atoms with van der Waals surface area (Å²) in [7, 11) is 0. The molecule has 0 bridgehead atoms. The first-order valence-electron chi connectivity index (χ1n) is 7.12. The highest BCUT2D eigenvalue weighted by Crippen LogP contribution is 2.07. The maximum Gasteiger partial charge on any atom is 0.355 e. The molecule has 0 fully saturated rings. The van der Waals surface area contributed by atoms with Crippen molar-refractivity contribution in [3.63, 3.8) is 0 Å². The molecule has 1 rings (SSSR count). The van der Waals surface area contributed by atoms with Gasteiger partial charge < -0.3 is 10.1 Å². The summed E-state index contributed by atoms with van der Waals surface area (Å²) in [6.45, 7) is 6.29. The van der Waals surface area contributed by atoms with Crippen molar-refractivity contribution in [1.82, 2.24) is 14.9 Å². The topological polar surface area (TPSA) is 86.3 Å². The molecule has 2 N–H and O–H groups in total. The van der Waals surface area contributed by atoms with Crippen LogP contribution in [0.2, 0.25) is 0 Å². The maximum atomic E-state index is 11.8. The van der Waals surface area contributed by atoms with E-state index in [9.17, 15) is 9.59 Å². The first kappa shape index (κ1) is 16.4. The van der Waals surface area contributed by atoms with E-state index in [4.69, 9.17) is 5.11 Å². The monoisotopic (exact) mass is 281 g/mol. The molecule has 1 aromatic rings. The molecule has 1 heterocycles. The summed E-state index contributed by atoms with van der Waals surface area (Å²) in [5.74, 6) is -1.16. The van der Waals surface area contributed by atoms with E-state index in [1.165, 1.54) is 0 Å². The number of aromatic carboxylic acids is 1. The zero-order chi connectivity index (χ0) is 15.0. The fourth-order valence-electron chi connectivity index (χ4n) is 2.02. The molecule has 0 saturated heterocycles. The molecule has 6 heteroatoms. The van der Waals surface area contributed by atoms with Gasteiger partial charge >= 0.3 is 5.97 Å². The molecular formula is C14H23N3O3. The van der Waals surface area contributed by atoms with Crippen LogP contribution >= 0.6 is 0 Å². The van der Waals surface area contributed by atoms with E-state index in [0.717, 1.165) is 45.1 Å². The van der Waals surface area contributed by atoms with Gasteiger partial charge in [0.2, 0.25) is 0 Å². The number of aromatic nitrogens is 2. The Morgan fingerprint density at radius 3 is 2.40 bits per heavy atom. The van der Waals surface area contributed by atoms with Gasteiger partial charge in [0.15, 0.2) is 5.69 Å². The van der Waals surface area contributed by atoms with Crippen LogP contribution in [-0.4, -0.2) is 39.0 Å². The lowest BCUT2D eigenvalue weighted by molar-refractivity contribution is 0.0687. The van der Waals surface area contributed by atoms with Crippen molar-refractivity contribution in [1.29, 1.82) is 0 Å². The van der Waals surface area contributed by atoms with Gasteiger partial charge in [-0.05, 0) is 25.9 Å². The largest absolute Gasteiger partial charge is 0.476 e. The molecule has 0 saturated carbocycles. The van der Waals surface area contributed by atoms with E-state index in [1.807, 2.05) is 0 Å². The third-order valence-electron chi connectivity index (χ3n) is 3.19. The van der Waals surface area contributed by atoms with E-state index >= 15 is 0 Å². The lowest BCUT2D eigenvalue weighted by Gasteiger charge is -2.21. The minimum Gasteiger partial charge on any atom is -0.476 e. The number of nitrogens with one attached hydrogen (secondary N) is 1. The fourth-order valence-corrected chi connectivity index (χ4v) is 2.02. The smallest absolute Gasteiger partial charge is 0.355 e. The third kappa shape index (κ3) is 4.77. The second-order valence-corrected chi connectivity index (χ2v) is 4.85. The average Bonchev–Trinajstić information content (AvgIpc) is 2.43. The van der Waals surface area contributed by atoms with Crippen LogP contribution in [0.4, 0.5) is 0 Å². The molecule has 112 valence electrons. The van der Waals surface area contributed by atoms with Crippen molar-refractivity contribution in [3.05, 3.63) is 27.9 Å². The van der Waals surface area contributed by atoms with Crippen molar-refractivity contribution >= 4 is 5.97 Å². The van der Waals surface area contributed by atoms with E-state index in [1.54, 1.807) is 0 Å². The number of H-pyrrole nitrogens is 1. The molecule has 1 aromatic heterocycles. The van der Waals surface area contributed by atoms with E-state index in [-0.39, 0.29) is 16.8 Å². The van der Waals surface area contributed by atoms with Gasteiger partial charge in [0.1, 0.15) is 0 Å². The second-order valence-electron chi connectivity index (χ2n) is 4.85. The summed E-state index contributed by atoms with van der Waals surface area (Å²) in [5, 5.41) is 9.12. The van der Waals surface area contributed by atoms with Gasteiger partial charge in [0.05, 0.1) is 11.9 Å². The van der Waals surface area contributed by atoms with Gasteiger partial charge in [-0.2, -0.15) is 0 Å². The van der Waals surface area contributed by atoms with Gasteiger partial charge in [-0.25, -0.2) is 9.78 Å². The van der Waals surface area contributed by atoms with Gasteiger partial charge in [0.25, 0.3) is 5.56 Å². The Morgan fingerprint density at radius 2 is 1.90 bits per heavy atom. The Morgan fingerprint density at radius 1 is 1.30 bits per heavy atom. The second kappa shape index (κ2) is 8.47. The molecule has 0 aliphatic heterocycles. The molecule has 0 spiro atoms. The number of unbranched alkanes of at least 4 members (excludes halogenated alkanes) is 2. The van der Waals surface area contributed by atoms with E-state index < -0.39 is 5.97 Å². The highest BCUT2D eigenvalue weighted by molar-refractivity contribution is 5.86. The Bertz CT molecular complexity index is 477. The molecule has 6 nitrogen and oxygen atoms in total. The Kier molecular flexibility index (Phi) is 6.93. The van der Waals surface area contributed by atoms with Gasteiger partial charge in [0, 0.05) is 6.54 Å². The molecule has 0 radical (unpaired) electrons. The van der Waals surface area contributed by atoms with Crippen LogP contribution in [0.3, 0.4) is 0 Å². The highest BCUT2D eigenvalue weighted by Gasteiger charge is 2.17. The zero-order valence-electron chi connectivity index (χ0n) is 12.2. The summed E-state index contributed by atoms with van der Waals surface area (Å²) in [6.07, 6.45) is 5.34. The lowest BCUT2D eigenvalue weighted by Crippen LogP contribution is -2.31. The molecule has 20 heavy (non-hydrogen) atoms. The minimum atomic E-state index is -1.16. The molecule has 0 amide bonds. The highest BCUT2D eigenvalue weighted by atomic mass is 16.4. The number of aromatic amines is 1. The molecule has 0 aliphatic rings. The van der Waals surface area contributed by atoms with Crippen molar-refractivity contribution in [2.24, 2.45) is 0 Å². The molecule has 0 unspecified atom stereocenters. The van der Waals surface area contributed by atoms with Crippen LogP contribution in [0.25, 0.3) is 0 Å². The van der Waals surface area contributed by atoms with Crippen LogP contribution < -0.4 is 5.56 Å². The van der Waals surface area contributed by atoms with Crippen molar-refractivity contribution < 1.29 is 9.90 Å². The van der Waals surface area contributed by atoms with Crippen molar-refractivity contribution in [2.45, 2.75) is 46.1 Å². The number of hydrogen-bond donors (Lipinski definition) is 2. The first-order valence-corrected chi connectivity index (χ1v) is 7.12. The fraction of sp³-hybridized carbons (Fsp3) is 0.643. The van der Waals surface area contributed by atoms with Crippen LogP contribution in [0.15, 0.2) is 11.1 Å². The van der Waals surface area contributed by atoms with Gasteiger partial charge in [-0.3, -0.25) is 9.69 Å². The van der Waals surface area contributed by atoms with Crippen LogP contribution in [0.5, 0.6) is 0 Å². The molecule has 0 aromatic carbocycles. The number of rotatable bonds is 9. The van der Waals surface area contributed by atoms with Crippen LogP contribution in [0, 0.1) is 0 Å². The molecule has 0 aliphatic carbocycles. The Balaban J connectivity index is 2.91. The van der Waals surface area contributed by atoms with Crippen molar-refractivity contribution in [2.75, 3.05) is 13.1 Å². The zero-order valence-corrected chi connectivity index (χ0v) is 12.2. The Hall–Kier alpha value is -1.69. The average molecular weight is 281 g/mol. The van der Waals surface area contributed by atoms with Gasteiger partial charge in [-0.15, -0.1) is 0 Å². The van der Waals surface area contributed by atoms with Crippen LogP contribution in [-0.2, 0) is 6.54 Å². The normalized spacial score (nSPS) is 10.9. The quantitative estimate of drug-likeness (QED) is 0.721. The van der Waals surface area contributed by atoms with Crippen LogP contribution in [0.1, 0.15) is 55.6 Å². The predicted octanol–water partition coefficient (Wildman–Crippen LogP) is 1.87. The number of hydrogen-bond acceptors (Lipinski definition) is 4. The predicted molar refractivity (Wildman–Crippen MR) is 76.9 cm³/mol. The summed E-state index contributed by atoms with van der Waals surface area (Å²) < 4.78 is 0. The summed E-state index contributed by atoms with van der Waals surface area (Å²) >= 11 is 0. The van der Waals surface area contributed by atoms with Gasteiger partial charge in [-0.1, -0.05) is 26.7 Å². The van der Waals surface area contributed by atoms with E-state index in [2.05, 4.69) is 28.7 Å². The lowest BCUT2D eigenvalue weighted by atomic mass is 10.2. The number of carboxylic acids is 1. The molecule has 0 atom stereocenters. The SMILES string of the molecule is CCCCN(CCCC)Cc1c(C(=O)O)nc[nH]c1=O. The first-order chi connectivity index (χ1) is 9.60. The third-order valence-corrected chi connectivity index (χ3v) is 3.19. The minimum absolute atomic E-state index is 0.147. The number of carbonyl (C=O) groups is 1. The standard InChI is InChI=1S/C14H23N3O3/c1-3-5-7-17(8-6-4-2)9-11-12(14(19)20)15-10-16-13(11)18/h10H,3-9H2,1-2H3,(H,19,20)(H,15,16,18). The number of carboxylic acid groups (broad SMARTS) is 1.